The Morgan fingerprint density at radius 2 is 1.73 bits per heavy atom. The molecule has 0 saturated carbocycles. The van der Waals surface area contributed by atoms with E-state index >= 15 is 0 Å². The lowest BCUT2D eigenvalue weighted by molar-refractivity contribution is -0.199. The Labute approximate surface area is 194 Å². The molecule has 0 radical (unpaired) electrons. The molecule has 1 atom stereocenters. The average Bonchev–Trinajstić information content (AvgIpc) is 2.80. The highest BCUT2D eigenvalue weighted by Gasteiger charge is 2.51. The molecule has 2 saturated heterocycles. The summed E-state index contributed by atoms with van der Waals surface area (Å²) in [4.78, 5) is 27.7. The molecule has 1 spiro atoms. The molecule has 33 heavy (non-hydrogen) atoms. The van der Waals surface area contributed by atoms with Gasteiger partial charge in [0.15, 0.2) is 0 Å². The molecule has 1 N–H and O–H groups in total. The minimum absolute atomic E-state index is 0.0911. The molecule has 2 aromatic rings. The van der Waals surface area contributed by atoms with E-state index in [9.17, 15) is 14.7 Å². The second-order valence-electron chi connectivity index (χ2n) is 10.0. The number of ether oxygens (including phenoxy) is 2. The van der Waals surface area contributed by atoms with E-state index < -0.39 is 29.1 Å². The summed E-state index contributed by atoms with van der Waals surface area (Å²) in [6.07, 6.45) is -0.661. The number of carbonyl (C=O) groups is 2. The first-order valence-corrected chi connectivity index (χ1v) is 11.4. The third kappa shape index (κ3) is 5.14. The molecule has 0 aromatic heterocycles. The number of carbonyl (C=O) groups excluding carboxylic acids is 1. The van der Waals surface area contributed by atoms with Crippen molar-refractivity contribution in [3.63, 3.8) is 0 Å². The Morgan fingerprint density at radius 1 is 1.09 bits per heavy atom. The zero-order valence-electron chi connectivity index (χ0n) is 19.5. The maximum atomic E-state index is 12.7. The van der Waals surface area contributed by atoms with Crippen LogP contribution in [0.5, 0.6) is 5.75 Å². The molecule has 176 valence electrons. The molecule has 2 aliphatic rings. The van der Waals surface area contributed by atoms with Crippen LogP contribution >= 0.6 is 0 Å². The average molecular weight is 453 g/mol. The molecule has 2 aromatic carbocycles. The summed E-state index contributed by atoms with van der Waals surface area (Å²) in [5.74, 6) is 0.351. The number of rotatable bonds is 4. The number of carboxylic acid groups (broad SMARTS) is 1. The normalized spacial score (nSPS) is 20.7. The third-order valence-corrected chi connectivity index (χ3v) is 6.45. The standard InChI is InChI=1S/C26H32N2O5/c1-25(2,3)22-23(29)28(24(30)31)18-26(33-22)13-15-27(16-14-26)20-9-11-21(12-10-20)32-17-19-7-5-4-6-8-19/h4-12,22H,13-18H2,1-3H3,(H,30,31). The van der Waals surface area contributed by atoms with Crippen LogP contribution < -0.4 is 9.64 Å². The number of anilines is 1. The van der Waals surface area contributed by atoms with Crippen molar-refractivity contribution in [2.24, 2.45) is 5.41 Å². The first kappa shape index (κ1) is 23.1. The Kier molecular flexibility index (Phi) is 6.34. The van der Waals surface area contributed by atoms with Gasteiger partial charge in [0, 0.05) is 18.8 Å². The molecule has 2 fully saturated rings. The van der Waals surface area contributed by atoms with E-state index in [-0.39, 0.29) is 6.54 Å². The molecule has 4 rings (SSSR count). The van der Waals surface area contributed by atoms with Crippen molar-refractivity contribution < 1.29 is 24.2 Å². The second kappa shape index (κ2) is 9.06. The van der Waals surface area contributed by atoms with Crippen LogP contribution in [0.2, 0.25) is 0 Å². The van der Waals surface area contributed by atoms with Crippen LogP contribution in [0.25, 0.3) is 0 Å². The summed E-state index contributed by atoms with van der Waals surface area (Å²) in [5, 5.41) is 9.61. The number of hydrogen-bond acceptors (Lipinski definition) is 5. The fraction of sp³-hybridized carbons (Fsp3) is 0.462. The monoisotopic (exact) mass is 452 g/mol. The summed E-state index contributed by atoms with van der Waals surface area (Å²) in [5.41, 5.74) is 1.09. The highest BCUT2D eigenvalue weighted by Crippen LogP contribution is 2.39. The van der Waals surface area contributed by atoms with Crippen LogP contribution in [0.15, 0.2) is 54.6 Å². The fourth-order valence-corrected chi connectivity index (χ4v) is 4.50. The zero-order chi connectivity index (χ0) is 23.6. The summed E-state index contributed by atoms with van der Waals surface area (Å²) >= 11 is 0. The predicted octanol–water partition coefficient (Wildman–Crippen LogP) is 4.56. The smallest absolute Gasteiger partial charge is 0.414 e. The number of amides is 2. The first-order chi connectivity index (χ1) is 15.7. The maximum Gasteiger partial charge on any atom is 0.414 e. The summed E-state index contributed by atoms with van der Waals surface area (Å²) in [7, 11) is 0. The van der Waals surface area contributed by atoms with Crippen LogP contribution in [-0.2, 0) is 16.1 Å². The molecule has 0 bridgehead atoms. The molecular weight excluding hydrogens is 420 g/mol. The van der Waals surface area contributed by atoms with E-state index in [0.717, 1.165) is 35.0 Å². The lowest BCUT2D eigenvalue weighted by Crippen LogP contribution is -2.65. The molecule has 2 heterocycles. The SMILES string of the molecule is CC(C)(C)C1OC2(CCN(c3ccc(OCc4ccccc4)cc3)CC2)CN(C(=O)O)C1=O. The number of nitrogens with zero attached hydrogens (tertiary/aromatic N) is 2. The van der Waals surface area contributed by atoms with E-state index in [2.05, 4.69) is 4.90 Å². The second-order valence-corrected chi connectivity index (χ2v) is 10.0. The van der Waals surface area contributed by atoms with E-state index in [1.165, 1.54) is 0 Å². The minimum Gasteiger partial charge on any atom is -0.489 e. The minimum atomic E-state index is -1.20. The Bertz CT molecular complexity index is 976. The topological polar surface area (TPSA) is 79.3 Å². The maximum absolute atomic E-state index is 12.7. The molecule has 1 unspecified atom stereocenters. The zero-order valence-corrected chi connectivity index (χ0v) is 19.5. The van der Waals surface area contributed by atoms with E-state index in [4.69, 9.17) is 9.47 Å². The Hall–Kier alpha value is -3.06. The van der Waals surface area contributed by atoms with Gasteiger partial charge in [-0.2, -0.15) is 0 Å². The first-order valence-electron chi connectivity index (χ1n) is 11.4. The van der Waals surface area contributed by atoms with Gasteiger partial charge < -0.3 is 19.5 Å². The van der Waals surface area contributed by atoms with E-state index in [1.807, 2.05) is 75.4 Å². The van der Waals surface area contributed by atoms with Crippen molar-refractivity contribution in [2.45, 2.75) is 51.9 Å². The van der Waals surface area contributed by atoms with Crippen LogP contribution in [0.1, 0.15) is 39.2 Å². The number of benzene rings is 2. The highest BCUT2D eigenvalue weighted by atomic mass is 16.5. The molecular formula is C26H32N2O5. The van der Waals surface area contributed by atoms with E-state index in [1.54, 1.807) is 0 Å². The van der Waals surface area contributed by atoms with Gasteiger partial charge in [0.05, 0.1) is 12.1 Å². The molecule has 7 heteroatoms. The quantitative estimate of drug-likeness (QED) is 0.733. The van der Waals surface area contributed by atoms with Gasteiger partial charge in [0.1, 0.15) is 18.5 Å². The predicted molar refractivity (Wildman–Crippen MR) is 125 cm³/mol. The van der Waals surface area contributed by atoms with Gasteiger partial charge in [-0.05, 0) is 48.1 Å². The number of hydrogen-bond donors (Lipinski definition) is 1. The third-order valence-electron chi connectivity index (χ3n) is 6.45. The fourth-order valence-electron chi connectivity index (χ4n) is 4.50. The lowest BCUT2D eigenvalue weighted by atomic mass is 9.82. The van der Waals surface area contributed by atoms with Crippen LogP contribution in [0.4, 0.5) is 10.5 Å². The molecule has 0 aliphatic carbocycles. The molecule has 2 amide bonds. The van der Waals surface area contributed by atoms with Gasteiger partial charge >= 0.3 is 6.09 Å². The van der Waals surface area contributed by atoms with Crippen LogP contribution in [0.3, 0.4) is 0 Å². The van der Waals surface area contributed by atoms with Crippen molar-refractivity contribution in [3.05, 3.63) is 60.2 Å². The van der Waals surface area contributed by atoms with E-state index in [0.29, 0.717) is 19.4 Å². The van der Waals surface area contributed by atoms with Gasteiger partial charge in [-0.15, -0.1) is 0 Å². The lowest BCUT2D eigenvalue weighted by Gasteiger charge is -2.51. The number of morpholine rings is 1. The van der Waals surface area contributed by atoms with Crippen molar-refractivity contribution in [1.82, 2.24) is 4.90 Å². The summed E-state index contributed by atoms with van der Waals surface area (Å²) in [6, 6.07) is 18.1. The van der Waals surface area contributed by atoms with Crippen LogP contribution in [0, 0.1) is 5.41 Å². The van der Waals surface area contributed by atoms with Gasteiger partial charge in [0.25, 0.3) is 5.91 Å². The Morgan fingerprint density at radius 3 is 2.30 bits per heavy atom. The molecule has 7 nitrogen and oxygen atoms in total. The van der Waals surface area contributed by atoms with Gasteiger partial charge in [-0.25, -0.2) is 9.69 Å². The van der Waals surface area contributed by atoms with Gasteiger partial charge in [-0.3, -0.25) is 4.79 Å². The van der Waals surface area contributed by atoms with Gasteiger partial charge in [0.2, 0.25) is 0 Å². The van der Waals surface area contributed by atoms with Crippen molar-refractivity contribution in [1.29, 1.82) is 0 Å². The summed E-state index contributed by atoms with van der Waals surface area (Å²) in [6.45, 7) is 7.79. The Balaban J connectivity index is 1.39. The van der Waals surface area contributed by atoms with Crippen molar-refractivity contribution in [3.8, 4) is 5.75 Å². The van der Waals surface area contributed by atoms with Crippen LogP contribution in [-0.4, -0.2) is 53.3 Å². The molecule has 2 aliphatic heterocycles. The highest BCUT2D eigenvalue weighted by molar-refractivity contribution is 5.95. The van der Waals surface area contributed by atoms with Crippen molar-refractivity contribution in [2.75, 3.05) is 24.5 Å². The number of imide groups is 1. The number of piperidine rings is 1. The summed E-state index contributed by atoms with van der Waals surface area (Å²) < 4.78 is 12.2. The van der Waals surface area contributed by atoms with Crippen molar-refractivity contribution >= 4 is 17.7 Å². The van der Waals surface area contributed by atoms with Gasteiger partial charge in [-0.1, -0.05) is 51.1 Å². The largest absolute Gasteiger partial charge is 0.489 e.